The van der Waals surface area contributed by atoms with Gasteiger partial charge in [0.05, 0.1) is 0 Å². The van der Waals surface area contributed by atoms with Crippen LogP contribution in [0.2, 0.25) is 0 Å². The van der Waals surface area contributed by atoms with Crippen LogP contribution in [0.3, 0.4) is 0 Å². The molecule has 1 atom stereocenters. The largest absolute Gasteiger partial charge is 0.385 e. The summed E-state index contributed by atoms with van der Waals surface area (Å²) in [6.45, 7) is 5.53. The molecule has 1 heterocycles. The second-order valence-corrected chi connectivity index (χ2v) is 5.02. The molecule has 0 aliphatic carbocycles. The molecular formula is C15H21N3O2. The first-order valence-corrected chi connectivity index (χ1v) is 7.05. The molecule has 1 aliphatic rings. The van der Waals surface area contributed by atoms with Gasteiger partial charge in [0.15, 0.2) is 0 Å². The fourth-order valence-corrected chi connectivity index (χ4v) is 2.35. The first-order chi connectivity index (χ1) is 9.61. The maximum absolute atomic E-state index is 12.2. The van der Waals surface area contributed by atoms with Gasteiger partial charge in [-0.3, -0.25) is 9.59 Å². The summed E-state index contributed by atoms with van der Waals surface area (Å²) < 4.78 is 0. The Hall–Kier alpha value is -2.04. The third-order valence-corrected chi connectivity index (χ3v) is 3.45. The Bertz CT molecular complexity index is 514. The second kappa shape index (κ2) is 6.41. The minimum absolute atomic E-state index is 0.0920. The number of aryl methyl sites for hydroxylation is 1. The number of carbonyl (C=O) groups is 2. The second-order valence-electron chi connectivity index (χ2n) is 5.02. The number of benzene rings is 1. The highest BCUT2D eigenvalue weighted by atomic mass is 16.2. The highest BCUT2D eigenvalue weighted by Gasteiger charge is 2.24. The summed E-state index contributed by atoms with van der Waals surface area (Å²) in [6.07, 6.45) is 1.60. The molecule has 1 unspecified atom stereocenters. The monoisotopic (exact) mass is 275 g/mol. The maximum atomic E-state index is 12.2. The van der Waals surface area contributed by atoms with Crippen LogP contribution in [0, 0.1) is 6.92 Å². The Morgan fingerprint density at radius 2 is 2.25 bits per heavy atom. The van der Waals surface area contributed by atoms with Crippen molar-refractivity contribution in [3.8, 4) is 0 Å². The zero-order valence-electron chi connectivity index (χ0n) is 12.0. The van der Waals surface area contributed by atoms with Crippen molar-refractivity contribution in [1.29, 1.82) is 0 Å². The van der Waals surface area contributed by atoms with Crippen LogP contribution in [0.25, 0.3) is 0 Å². The Morgan fingerprint density at radius 1 is 1.45 bits per heavy atom. The van der Waals surface area contributed by atoms with Crippen molar-refractivity contribution in [3.63, 3.8) is 0 Å². The Labute approximate surface area is 119 Å². The van der Waals surface area contributed by atoms with Gasteiger partial charge in [0, 0.05) is 24.3 Å². The molecule has 0 radical (unpaired) electrons. The molecule has 2 rings (SSSR count). The van der Waals surface area contributed by atoms with Crippen LogP contribution in [0.5, 0.6) is 0 Å². The molecule has 1 aromatic rings. The highest BCUT2D eigenvalue weighted by molar-refractivity contribution is 5.98. The zero-order chi connectivity index (χ0) is 14.5. The van der Waals surface area contributed by atoms with Crippen molar-refractivity contribution in [2.24, 2.45) is 0 Å². The van der Waals surface area contributed by atoms with Crippen LogP contribution in [-0.4, -0.2) is 30.9 Å². The van der Waals surface area contributed by atoms with Crippen LogP contribution >= 0.6 is 0 Å². The van der Waals surface area contributed by atoms with E-state index in [2.05, 4.69) is 16.0 Å². The number of amides is 2. The van der Waals surface area contributed by atoms with E-state index in [-0.39, 0.29) is 11.8 Å². The molecule has 0 spiro atoms. The van der Waals surface area contributed by atoms with Gasteiger partial charge in [0.1, 0.15) is 6.04 Å². The van der Waals surface area contributed by atoms with Crippen molar-refractivity contribution in [3.05, 3.63) is 29.3 Å². The predicted molar refractivity (Wildman–Crippen MR) is 78.8 cm³/mol. The van der Waals surface area contributed by atoms with Gasteiger partial charge in [-0.1, -0.05) is 0 Å². The molecule has 1 aromatic carbocycles. The van der Waals surface area contributed by atoms with E-state index in [1.807, 2.05) is 26.0 Å². The fraction of sp³-hybridized carbons (Fsp3) is 0.467. The Morgan fingerprint density at radius 3 is 2.90 bits per heavy atom. The van der Waals surface area contributed by atoms with Gasteiger partial charge in [0.2, 0.25) is 5.91 Å². The quantitative estimate of drug-likeness (QED) is 0.778. The molecule has 1 fully saturated rings. The van der Waals surface area contributed by atoms with Crippen molar-refractivity contribution < 1.29 is 9.59 Å². The lowest BCUT2D eigenvalue weighted by Crippen LogP contribution is -2.50. The molecule has 5 heteroatoms. The summed E-state index contributed by atoms with van der Waals surface area (Å²) in [6, 6.07) is 5.11. The van der Waals surface area contributed by atoms with E-state index in [1.54, 1.807) is 6.07 Å². The van der Waals surface area contributed by atoms with E-state index >= 15 is 0 Å². The summed E-state index contributed by atoms with van der Waals surface area (Å²) in [5, 5.41) is 8.79. The van der Waals surface area contributed by atoms with Crippen molar-refractivity contribution in [2.45, 2.75) is 32.7 Å². The van der Waals surface area contributed by atoms with Crippen LogP contribution in [-0.2, 0) is 4.79 Å². The number of anilines is 1. The molecule has 1 saturated heterocycles. The molecular weight excluding hydrogens is 254 g/mol. The molecule has 5 nitrogen and oxygen atoms in total. The van der Waals surface area contributed by atoms with Gasteiger partial charge in [-0.15, -0.1) is 0 Å². The lowest BCUT2D eigenvalue weighted by molar-refractivity contribution is -0.124. The van der Waals surface area contributed by atoms with Crippen LogP contribution in [0.4, 0.5) is 5.69 Å². The topological polar surface area (TPSA) is 70.2 Å². The molecule has 2 amide bonds. The standard InChI is InChI=1S/C15H21N3O2/c1-3-16-12-7-6-11(9-10(12)2)14(19)18-13-5-4-8-17-15(13)20/h6-7,9,13,16H,3-5,8H2,1-2H3,(H,17,20)(H,18,19). The number of nitrogens with one attached hydrogen (secondary N) is 3. The molecule has 0 aromatic heterocycles. The Kier molecular flexibility index (Phi) is 4.61. The van der Waals surface area contributed by atoms with Gasteiger partial charge in [-0.25, -0.2) is 0 Å². The first kappa shape index (κ1) is 14.4. The summed E-state index contributed by atoms with van der Waals surface area (Å²) in [4.78, 5) is 23.8. The van der Waals surface area contributed by atoms with E-state index in [0.29, 0.717) is 18.5 Å². The third kappa shape index (κ3) is 3.29. The number of rotatable bonds is 4. The van der Waals surface area contributed by atoms with Crippen LogP contribution in [0.1, 0.15) is 35.7 Å². The smallest absolute Gasteiger partial charge is 0.251 e. The molecule has 1 aliphatic heterocycles. The molecule has 0 saturated carbocycles. The van der Waals surface area contributed by atoms with Gasteiger partial charge in [0.25, 0.3) is 5.91 Å². The minimum atomic E-state index is -0.412. The number of hydrogen-bond donors (Lipinski definition) is 3. The van der Waals surface area contributed by atoms with Gasteiger partial charge in [-0.2, -0.15) is 0 Å². The van der Waals surface area contributed by atoms with Crippen LogP contribution in [0.15, 0.2) is 18.2 Å². The fourth-order valence-electron chi connectivity index (χ4n) is 2.35. The zero-order valence-corrected chi connectivity index (χ0v) is 12.0. The van der Waals surface area contributed by atoms with Crippen molar-refractivity contribution in [1.82, 2.24) is 10.6 Å². The van der Waals surface area contributed by atoms with Crippen molar-refractivity contribution in [2.75, 3.05) is 18.4 Å². The van der Waals surface area contributed by atoms with Crippen molar-refractivity contribution >= 4 is 17.5 Å². The maximum Gasteiger partial charge on any atom is 0.251 e. The SMILES string of the molecule is CCNc1ccc(C(=O)NC2CCCNC2=O)cc1C. The van der Waals surface area contributed by atoms with Gasteiger partial charge in [-0.05, 0) is 50.5 Å². The number of piperidine rings is 1. The molecule has 0 bridgehead atoms. The lowest BCUT2D eigenvalue weighted by atomic mass is 10.0. The molecule has 20 heavy (non-hydrogen) atoms. The van der Waals surface area contributed by atoms with E-state index in [4.69, 9.17) is 0 Å². The van der Waals surface area contributed by atoms with E-state index in [0.717, 1.165) is 24.2 Å². The van der Waals surface area contributed by atoms with E-state index in [1.165, 1.54) is 0 Å². The Balaban J connectivity index is 2.05. The van der Waals surface area contributed by atoms with Gasteiger partial charge >= 0.3 is 0 Å². The number of carbonyl (C=O) groups excluding carboxylic acids is 2. The summed E-state index contributed by atoms with van der Waals surface area (Å²) in [5.41, 5.74) is 2.63. The minimum Gasteiger partial charge on any atom is -0.385 e. The number of hydrogen-bond acceptors (Lipinski definition) is 3. The third-order valence-electron chi connectivity index (χ3n) is 3.45. The molecule has 3 N–H and O–H groups in total. The van der Waals surface area contributed by atoms with E-state index in [9.17, 15) is 9.59 Å². The first-order valence-electron chi connectivity index (χ1n) is 7.05. The average Bonchev–Trinajstić information content (AvgIpc) is 2.43. The summed E-state index contributed by atoms with van der Waals surface area (Å²) in [7, 11) is 0. The highest BCUT2D eigenvalue weighted by Crippen LogP contribution is 2.16. The normalized spacial score (nSPS) is 18.3. The van der Waals surface area contributed by atoms with E-state index < -0.39 is 6.04 Å². The average molecular weight is 275 g/mol. The molecule has 108 valence electrons. The lowest BCUT2D eigenvalue weighted by Gasteiger charge is -2.22. The van der Waals surface area contributed by atoms with Crippen LogP contribution < -0.4 is 16.0 Å². The predicted octanol–water partition coefficient (Wildman–Crippen LogP) is 1.44. The summed E-state index contributed by atoms with van der Waals surface area (Å²) >= 11 is 0. The summed E-state index contributed by atoms with van der Waals surface area (Å²) in [5.74, 6) is -0.288. The van der Waals surface area contributed by atoms with Gasteiger partial charge < -0.3 is 16.0 Å².